The van der Waals surface area contributed by atoms with Gasteiger partial charge >= 0.3 is 5.97 Å². The van der Waals surface area contributed by atoms with Crippen molar-refractivity contribution in [3.8, 4) is 0 Å². The van der Waals surface area contributed by atoms with Gasteiger partial charge in [0.2, 0.25) is 15.7 Å². The number of fused-ring (bicyclic) bond motifs is 1. The number of sulfonamides is 1. The van der Waals surface area contributed by atoms with E-state index in [2.05, 4.69) is 35.9 Å². The number of nitrogens with one attached hydrogen (secondary N) is 5. The standard InChI is InChI=1S/C24H27Cl2N7O5S/c25-17-5-3-6-18(26)20(17)39(37,38)33-24(22(35)36,9-1-2-10-27-23-28-11-4-12-29-23)31-21(34)15-7-8-19-16(13-15)14-30-32-19/h3,5-8,11,13-14,23,27,29,33H,1-2,4,9-10,12H2,(H,30,32)(H,31,34)(H,35,36). The van der Waals surface area contributed by atoms with Gasteiger partial charge in [0.25, 0.3) is 5.91 Å². The van der Waals surface area contributed by atoms with Crippen molar-refractivity contribution in [1.29, 1.82) is 0 Å². The largest absolute Gasteiger partial charge is 0.478 e. The minimum atomic E-state index is -4.61. The Bertz CT molecular complexity index is 1480. The van der Waals surface area contributed by atoms with E-state index in [1.165, 1.54) is 36.5 Å². The Morgan fingerprint density at radius 3 is 2.62 bits per heavy atom. The van der Waals surface area contributed by atoms with Crippen LogP contribution in [0.25, 0.3) is 10.9 Å². The summed E-state index contributed by atoms with van der Waals surface area (Å²) in [6.45, 7) is 1.26. The zero-order chi connectivity index (χ0) is 28.0. The third kappa shape index (κ3) is 6.93. The molecule has 208 valence electrons. The van der Waals surface area contributed by atoms with Crippen molar-refractivity contribution in [1.82, 2.24) is 30.9 Å². The van der Waals surface area contributed by atoms with Crippen molar-refractivity contribution in [2.75, 3.05) is 13.1 Å². The number of carboxylic acid groups (broad SMARTS) is 1. The number of H-pyrrole nitrogens is 1. The van der Waals surface area contributed by atoms with Crippen LogP contribution in [0.4, 0.5) is 0 Å². The summed E-state index contributed by atoms with van der Waals surface area (Å²) in [7, 11) is -4.61. The van der Waals surface area contributed by atoms with E-state index < -0.39 is 32.5 Å². The van der Waals surface area contributed by atoms with Gasteiger partial charge in [-0.1, -0.05) is 29.3 Å². The van der Waals surface area contributed by atoms with Gasteiger partial charge in [-0.3, -0.25) is 25.5 Å². The number of unbranched alkanes of at least 4 members (excludes halogenated alkanes) is 1. The molecule has 6 N–H and O–H groups in total. The molecule has 1 aliphatic rings. The molecule has 0 radical (unpaired) electrons. The van der Waals surface area contributed by atoms with Gasteiger partial charge in [0.15, 0.2) is 6.29 Å². The molecule has 12 nitrogen and oxygen atoms in total. The molecule has 0 aliphatic carbocycles. The highest BCUT2D eigenvalue weighted by atomic mass is 35.5. The second-order valence-corrected chi connectivity index (χ2v) is 11.3. The molecule has 0 spiro atoms. The summed E-state index contributed by atoms with van der Waals surface area (Å²) in [5, 5.41) is 26.0. The summed E-state index contributed by atoms with van der Waals surface area (Å²) < 4.78 is 29.0. The summed E-state index contributed by atoms with van der Waals surface area (Å²) in [5.74, 6) is -2.40. The number of aliphatic carboxylic acids is 1. The molecule has 2 aromatic carbocycles. The fourth-order valence-corrected chi connectivity index (χ4v) is 6.57. The summed E-state index contributed by atoms with van der Waals surface area (Å²) in [4.78, 5) is 29.7. The topological polar surface area (TPSA) is 178 Å². The van der Waals surface area contributed by atoms with Crippen molar-refractivity contribution in [2.24, 2.45) is 4.99 Å². The predicted octanol–water partition coefficient (Wildman–Crippen LogP) is 2.47. The molecule has 2 atom stereocenters. The number of aromatic amines is 1. The highest BCUT2D eigenvalue weighted by Gasteiger charge is 2.44. The first-order chi connectivity index (χ1) is 18.6. The smallest absolute Gasteiger partial charge is 0.345 e. The fourth-order valence-electron chi connectivity index (χ4n) is 4.11. The number of halogens is 2. The Hall–Kier alpha value is -3.07. The summed E-state index contributed by atoms with van der Waals surface area (Å²) in [6, 6.07) is 8.69. The minimum Gasteiger partial charge on any atom is -0.478 e. The number of benzene rings is 2. The number of hydrogen-bond donors (Lipinski definition) is 6. The van der Waals surface area contributed by atoms with Crippen LogP contribution in [0.2, 0.25) is 10.0 Å². The molecular weight excluding hydrogens is 569 g/mol. The molecule has 2 heterocycles. The number of aromatic nitrogens is 2. The number of carbonyl (C=O) groups is 2. The number of amides is 1. The van der Waals surface area contributed by atoms with E-state index in [0.29, 0.717) is 23.9 Å². The van der Waals surface area contributed by atoms with Crippen LogP contribution in [-0.2, 0) is 14.8 Å². The van der Waals surface area contributed by atoms with Crippen molar-refractivity contribution >= 4 is 62.2 Å². The predicted molar refractivity (Wildman–Crippen MR) is 147 cm³/mol. The molecule has 2 unspecified atom stereocenters. The Balaban J connectivity index is 1.59. The summed E-state index contributed by atoms with van der Waals surface area (Å²) in [5.41, 5.74) is -1.62. The van der Waals surface area contributed by atoms with Crippen molar-refractivity contribution < 1.29 is 23.1 Å². The van der Waals surface area contributed by atoms with Crippen LogP contribution in [0.3, 0.4) is 0 Å². The highest BCUT2D eigenvalue weighted by Crippen LogP contribution is 2.30. The van der Waals surface area contributed by atoms with Gasteiger partial charge < -0.3 is 10.4 Å². The lowest BCUT2D eigenvalue weighted by Gasteiger charge is -2.31. The van der Waals surface area contributed by atoms with Crippen LogP contribution in [0.15, 0.2) is 52.5 Å². The second-order valence-electron chi connectivity index (χ2n) is 8.88. The van der Waals surface area contributed by atoms with E-state index in [4.69, 9.17) is 23.2 Å². The molecule has 15 heteroatoms. The van der Waals surface area contributed by atoms with Crippen molar-refractivity contribution in [2.45, 2.75) is 42.5 Å². The number of rotatable bonds is 12. The zero-order valence-corrected chi connectivity index (χ0v) is 22.9. The van der Waals surface area contributed by atoms with E-state index in [1.54, 1.807) is 6.07 Å². The van der Waals surface area contributed by atoms with E-state index in [9.17, 15) is 23.1 Å². The molecule has 0 saturated carbocycles. The van der Waals surface area contributed by atoms with E-state index in [-0.39, 0.29) is 34.7 Å². The maximum absolute atomic E-state index is 13.4. The van der Waals surface area contributed by atoms with Gasteiger partial charge in [0.05, 0.1) is 21.8 Å². The molecule has 0 fully saturated rings. The lowest BCUT2D eigenvalue weighted by atomic mass is 10.0. The van der Waals surface area contributed by atoms with Crippen LogP contribution >= 0.6 is 23.2 Å². The van der Waals surface area contributed by atoms with Crippen molar-refractivity contribution in [3.63, 3.8) is 0 Å². The normalized spacial score (nSPS) is 17.1. The van der Waals surface area contributed by atoms with E-state index >= 15 is 0 Å². The number of hydrogen-bond acceptors (Lipinski definition) is 8. The quantitative estimate of drug-likeness (QED) is 0.136. The van der Waals surface area contributed by atoms with Crippen LogP contribution in [0.1, 0.15) is 36.0 Å². The van der Waals surface area contributed by atoms with Gasteiger partial charge in [-0.05, 0) is 62.6 Å². The molecule has 1 aliphatic heterocycles. The molecule has 39 heavy (non-hydrogen) atoms. The van der Waals surface area contributed by atoms with E-state index in [0.717, 1.165) is 13.0 Å². The molecule has 0 saturated heterocycles. The third-order valence-corrected chi connectivity index (χ3v) is 8.52. The Morgan fingerprint density at radius 2 is 1.92 bits per heavy atom. The average Bonchev–Trinajstić information content (AvgIpc) is 3.36. The van der Waals surface area contributed by atoms with Crippen LogP contribution in [0.5, 0.6) is 0 Å². The SMILES string of the molecule is O=C(NC(CCCCNC1N=CCCN1)(NS(=O)(=O)c1c(Cl)cccc1Cl)C(=O)O)c1ccc2[nH]ncc2c1. The molecule has 4 rings (SSSR count). The van der Waals surface area contributed by atoms with Gasteiger partial charge in [0.1, 0.15) is 4.90 Å². The summed E-state index contributed by atoms with van der Waals surface area (Å²) >= 11 is 12.2. The number of carboxylic acids is 1. The Labute approximate surface area is 234 Å². The fraction of sp³-hybridized carbons (Fsp3) is 0.333. The van der Waals surface area contributed by atoms with Gasteiger partial charge in [-0.15, -0.1) is 0 Å². The molecule has 0 bridgehead atoms. The summed E-state index contributed by atoms with van der Waals surface area (Å²) in [6.07, 6.45) is 4.34. The molecule has 3 aromatic rings. The number of aliphatic imine (C=N–C) groups is 1. The maximum Gasteiger partial charge on any atom is 0.345 e. The second kappa shape index (κ2) is 12.4. The van der Waals surface area contributed by atoms with E-state index in [1.807, 2.05) is 6.21 Å². The van der Waals surface area contributed by atoms with Crippen molar-refractivity contribution in [3.05, 3.63) is 58.2 Å². The van der Waals surface area contributed by atoms with Crippen LogP contribution in [0, 0.1) is 0 Å². The Kier molecular flexibility index (Phi) is 9.20. The van der Waals surface area contributed by atoms with Gasteiger partial charge in [-0.25, -0.2) is 13.2 Å². The highest BCUT2D eigenvalue weighted by molar-refractivity contribution is 7.89. The zero-order valence-electron chi connectivity index (χ0n) is 20.6. The first kappa shape index (κ1) is 28.9. The average molecular weight is 596 g/mol. The molecular formula is C24H27Cl2N7O5S. The molecule has 1 amide bonds. The first-order valence-corrected chi connectivity index (χ1v) is 14.3. The lowest BCUT2D eigenvalue weighted by Crippen LogP contribution is -2.65. The Morgan fingerprint density at radius 1 is 1.15 bits per heavy atom. The maximum atomic E-state index is 13.4. The molecule has 1 aromatic heterocycles. The number of carbonyl (C=O) groups excluding carboxylic acids is 1. The third-order valence-electron chi connectivity index (χ3n) is 6.07. The minimum absolute atomic E-state index is 0.118. The van der Waals surface area contributed by atoms with Gasteiger partial charge in [-0.2, -0.15) is 9.82 Å². The van der Waals surface area contributed by atoms with Crippen LogP contribution in [-0.4, -0.2) is 66.9 Å². The monoisotopic (exact) mass is 595 g/mol. The number of nitrogens with zero attached hydrogens (tertiary/aromatic N) is 2. The van der Waals surface area contributed by atoms with Gasteiger partial charge in [0, 0.05) is 23.7 Å². The lowest BCUT2D eigenvalue weighted by molar-refractivity contribution is -0.145. The van der Waals surface area contributed by atoms with Crippen LogP contribution < -0.4 is 20.7 Å². The first-order valence-electron chi connectivity index (χ1n) is 12.1.